The summed E-state index contributed by atoms with van der Waals surface area (Å²) in [6, 6.07) is 1.86. The lowest BCUT2D eigenvalue weighted by Crippen LogP contribution is -2.14. The molecule has 3 aromatic rings. The Morgan fingerprint density at radius 3 is 3.05 bits per heavy atom. The molecule has 0 saturated carbocycles. The van der Waals surface area contributed by atoms with Crippen LogP contribution in [0.3, 0.4) is 0 Å². The number of nitrogens with one attached hydrogen (secondary N) is 1. The standard InChI is InChI=1S/C11H11N7OS/c1-2-20-9-7(10(12)19)4-13-18-5-6(3-8(9)18)11-14-16-17-15-11/h3-5H,2H2,1H3,(H2,12,19)(H,14,15,16,17). The zero-order chi connectivity index (χ0) is 14.1. The van der Waals surface area contributed by atoms with Crippen LogP contribution in [0.25, 0.3) is 16.9 Å². The highest BCUT2D eigenvalue weighted by Gasteiger charge is 2.16. The van der Waals surface area contributed by atoms with E-state index in [1.807, 2.05) is 13.0 Å². The summed E-state index contributed by atoms with van der Waals surface area (Å²) < 4.78 is 1.68. The van der Waals surface area contributed by atoms with Gasteiger partial charge in [-0.3, -0.25) is 4.79 Å². The summed E-state index contributed by atoms with van der Waals surface area (Å²) in [6.45, 7) is 2.01. The van der Waals surface area contributed by atoms with Gasteiger partial charge in [0.15, 0.2) is 0 Å². The maximum atomic E-state index is 11.5. The third-order valence-electron chi connectivity index (χ3n) is 2.75. The molecule has 0 bridgehead atoms. The largest absolute Gasteiger partial charge is 0.366 e. The molecule has 0 atom stereocenters. The maximum Gasteiger partial charge on any atom is 0.251 e. The van der Waals surface area contributed by atoms with E-state index in [4.69, 9.17) is 5.73 Å². The van der Waals surface area contributed by atoms with E-state index in [1.165, 1.54) is 6.20 Å². The summed E-state index contributed by atoms with van der Waals surface area (Å²) in [4.78, 5) is 12.3. The van der Waals surface area contributed by atoms with Crippen LogP contribution in [-0.4, -0.2) is 41.9 Å². The highest BCUT2D eigenvalue weighted by molar-refractivity contribution is 7.99. The molecule has 0 saturated heterocycles. The first-order valence-electron chi connectivity index (χ1n) is 5.88. The summed E-state index contributed by atoms with van der Waals surface area (Å²) in [5, 5.41) is 18.0. The van der Waals surface area contributed by atoms with Gasteiger partial charge in [0.1, 0.15) is 0 Å². The van der Waals surface area contributed by atoms with Gasteiger partial charge in [0.2, 0.25) is 5.82 Å². The fourth-order valence-corrected chi connectivity index (χ4v) is 2.81. The summed E-state index contributed by atoms with van der Waals surface area (Å²) in [5.74, 6) is 0.810. The van der Waals surface area contributed by atoms with E-state index in [-0.39, 0.29) is 0 Å². The van der Waals surface area contributed by atoms with E-state index in [0.29, 0.717) is 11.4 Å². The molecular formula is C11H11N7OS. The number of nitrogens with zero attached hydrogens (tertiary/aromatic N) is 5. The Labute approximate surface area is 117 Å². The zero-order valence-electron chi connectivity index (χ0n) is 10.6. The van der Waals surface area contributed by atoms with Crippen molar-refractivity contribution in [3.05, 3.63) is 24.0 Å². The number of thioether (sulfide) groups is 1. The van der Waals surface area contributed by atoms with Gasteiger partial charge >= 0.3 is 0 Å². The van der Waals surface area contributed by atoms with Gasteiger partial charge in [-0.2, -0.15) is 10.3 Å². The number of primary amides is 1. The van der Waals surface area contributed by atoms with Crippen molar-refractivity contribution in [3.63, 3.8) is 0 Å². The number of rotatable bonds is 4. The molecule has 0 fully saturated rings. The van der Waals surface area contributed by atoms with Crippen molar-refractivity contribution in [3.8, 4) is 11.4 Å². The smallest absolute Gasteiger partial charge is 0.251 e. The van der Waals surface area contributed by atoms with Crippen LogP contribution in [0.1, 0.15) is 17.3 Å². The molecule has 3 rings (SSSR count). The molecule has 102 valence electrons. The van der Waals surface area contributed by atoms with Crippen LogP contribution >= 0.6 is 11.8 Å². The number of fused-ring (bicyclic) bond motifs is 1. The van der Waals surface area contributed by atoms with E-state index in [0.717, 1.165) is 21.7 Å². The number of tetrazole rings is 1. The Bertz CT molecular complexity index is 765. The van der Waals surface area contributed by atoms with Gasteiger partial charge in [0.05, 0.1) is 17.3 Å². The molecule has 0 aromatic carbocycles. The topological polar surface area (TPSA) is 115 Å². The summed E-state index contributed by atoms with van der Waals surface area (Å²) in [7, 11) is 0. The number of amides is 1. The molecule has 1 amide bonds. The second kappa shape index (κ2) is 4.93. The molecule has 3 heterocycles. The Hall–Kier alpha value is -2.42. The lowest BCUT2D eigenvalue weighted by atomic mass is 10.2. The average molecular weight is 289 g/mol. The van der Waals surface area contributed by atoms with Crippen molar-refractivity contribution in [2.24, 2.45) is 5.73 Å². The van der Waals surface area contributed by atoms with Gasteiger partial charge in [-0.25, -0.2) is 4.52 Å². The van der Waals surface area contributed by atoms with Crippen LogP contribution in [0.2, 0.25) is 0 Å². The van der Waals surface area contributed by atoms with Crippen LogP contribution in [0, 0.1) is 0 Å². The summed E-state index contributed by atoms with van der Waals surface area (Å²) in [6.07, 6.45) is 3.26. The second-order valence-corrected chi connectivity index (χ2v) is 5.25. The van der Waals surface area contributed by atoms with E-state index < -0.39 is 5.91 Å². The summed E-state index contributed by atoms with van der Waals surface area (Å²) in [5.41, 5.74) is 7.38. The fraction of sp³-hybridized carbons (Fsp3) is 0.182. The Balaban J connectivity index is 2.22. The highest BCUT2D eigenvalue weighted by atomic mass is 32.2. The molecule has 3 aromatic heterocycles. The first-order chi connectivity index (χ1) is 9.70. The van der Waals surface area contributed by atoms with Crippen molar-refractivity contribution in [1.82, 2.24) is 30.2 Å². The van der Waals surface area contributed by atoms with Crippen molar-refractivity contribution in [2.45, 2.75) is 11.8 Å². The van der Waals surface area contributed by atoms with Crippen LogP contribution < -0.4 is 5.73 Å². The van der Waals surface area contributed by atoms with Crippen LogP contribution in [-0.2, 0) is 0 Å². The minimum absolute atomic E-state index is 0.419. The quantitative estimate of drug-likeness (QED) is 0.684. The first-order valence-corrected chi connectivity index (χ1v) is 6.87. The Kier molecular flexibility index (Phi) is 3.11. The molecular weight excluding hydrogens is 278 g/mol. The maximum absolute atomic E-state index is 11.5. The number of hydrogen-bond acceptors (Lipinski definition) is 6. The summed E-state index contributed by atoms with van der Waals surface area (Å²) >= 11 is 1.54. The van der Waals surface area contributed by atoms with E-state index in [1.54, 1.807) is 22.5 Å². The normalized spacial score (nSPS) is 11.1. The van der Waals surface area contributed by atoms with Crippen LogP contribution in [0.15, 0.2) is 23.4 Å². The molecule has 0 aliphatic carbocycles. The molecule has 20 heavy (non-hydrogen) atoms. The number of aromatic amines is 1. The van der Waals surface area contributed by atoms with Crippen LogP contribution in [0.4, 0.5) is 0 Å². The molecule has 3 N–H and O–H groups in total. The Morgan fingerprint density at radius 2 is 2.40 bits per heavy atom. The SMILES string of the molecule is CCSc1c(C(N)=O)cnn2cc(-c3nn[nH]n3)cc12. The van der Waals surface area contributed by atoms with Gasteiger partial charge in [-0.1, -0.05) is 6.92 Å². The monoisotopic (exact) mass is 289 g/mol. The fourth-order valence-electron chi connectivity index (χ4n) is 1.91. The second-order valence-electron chi connectivity index (χ2n) is 3.98. The van der Waals surface area contributed by atoms with Gasteiger partial charge in [0, 0.05) is 16.7 Å². The van der Waals surface area contributed by atoms with Gasteiger partial charge in [-0.05, 0) is 17.0 Å². The molecule has 0 unspecified atom stereocenters. The molecule has 0 aliphatic rings. The third kappa shape index (κ3) is 2.01. The van der Waals surface area contributed by atoms with Gasteiger partial charge < -0.3 is 5.73 Å². The molecule has 8 nitrogen and oxygen atoms in total. The van der Waals surface area contributed by atoms with Gasteiger partial charge in [0.25, 0.3) is 5.91 Å². The van der Waals surface area contributed by atoms with E-state index in [9.17, 15) is 4.79 Å². The Morgan fingerprint density at radius 1 is 1.55 bits per heavy atom. The van der Waals surface area contributed by atoms with Crippen molar-refractivity contribution in [2.75, 3.05) is 5.75 Å². The minimum Gasteiger partial charge on any atom is -0.366 e. The lowest BCUT2D eigenvalue weighted by molar-refractivity contribution is 0.0997. The van der Waals surface area contributed by atoms with Crippen LogP contribution in [0.5, 0.6) is 0 Å². The molecule has 9 heteroatoms. The zero-order valence-corrected chi connectivity index (χ0v) is 11.4. The van der Waals surface area contributed by atoms with E-state index in [2.05, 4.69) is 25.7 Å². The average Bonchev–Trinajstić information content (AvgIpc) is 3.07. The number of carbonyl (C=O) groups excluding carboxylic acids is 1. The molecule has 0 aliphatic heterocycles. The number of aromatic nitrogens is 6. The predicted molar refractivity (Wildman–Crippen MR) is 73.3 cm³/mol. The number of hydrogen-bond donors (Lipinski definition) is 2. The highest BCUT2D eigenvalue weighted by Crippen LogP contribution is 2.30. The van der Waals surface area contributed by atoms with Gasteiger partial charge in [-0.15, -0.1) is 22.0 Å². The number of H-pyrrole nitrogens is 1. The van der Waals surface area contributed by atoms with Crippen molar-refractivity contribution < 1.29 is 4.79 Å². The third-order valence-corrected chi connectivity index (χ3v) is 3.75. The molecule has 0 radical (unpaired) electrons. The first kappa shape index (κ1) is 12.6. The minimum atomic E-state index is -0.488. The number of nitrogens with two attached hydrogens (primary N) is 1. The van der Waals surface area contributed by atoms with E-state index >= 15 is 0 Å². The molecule has 0 spiro atoms. The lowest BCUT2D eigenvalue weighted by Gasteiger charge is -2.06. The number of carbonyl (C=O) groups is 1. The van der Waals surface area contributed by atoms with Crippen molar-refractivity contribution >= 4 is 23.2 Å². The van der Waals surface area contributed by atoms with Crippen molar-refractivity contribution in [1.29, 1.82) is 0 Å². The predicted octanol–water partition coefficient (Wildman–Crippen LogP) is 0.725.